The second kappa shape index (κ2) is 6.00. The number of pyridine rings is 2. The fraction of sp³-hybridized carbons (Fsp3) is 0.286. The zero-order valence-corrected chi connectivity index (χ0v) is 10.7. The van der Waals surface area contributed by atoms with E-state index in [9.17, 15) is 0 Å². The van der Waals surface area contributed by atoms with E-state index < -0.39 is 0 Å². The number of methoxy groups -OCH3 is 1. The minimum atomic E-state index is 0.598. The van der Waals surface area contributed by atoms with Gasteiger partial charge in [-0.2, -0.15) is 0 Å². The van der Waals surface area contributed by atoms with E-state index in [0.717, 1.165) is 29.9 Å². The van der Waals surface area contributed by atoms with Crippen LogP contribution < -0.4 is 10.1 Å². The lowest BCUT2D eigenvalue weighted by atomic mass is 10.1. The van der Waals surface area contributed by atoms with Crippen molar-refractivity contribution in [3.8, 4) is 17.1 Å². The second-order valence-corrected chi connectivity index (χ2v) is 3.94. The van der Waals surface area contributed by atoms with Crippen LogP contribution in [0.2, 0.25) is 0 Å². The first-order valence-electron chi connectivity index (χ1n) is 6.04. The van der Waals surface area contributed by atoms with Crippen molar-refractivity contribution in [1.29, 1.82) is 0 Å². The number of aromatic nitrogens is 2. The number of hydrogen-bond acceptors (Lipinski definition) is 4. The van der Waals surface area contributed by atoms with Crippen LogP contribution in [0, 0.1) is 0 Å². The van der Waals surface area contributed by atoms with Crippen LogP contribution in [0.25, 0.3) is 11.3 Å². The first-order chi connectivity index (χ1) is 8.83. The fourth-order valence-corrected chi connectivity index (χ4v) is 1.65. The van der Waals surface area contributed by atoms with Crippen LogP contribution in [0.4, 0.5) is 5.69 Å². The van der Waals surface area contributed by atoms with Gasteiger partial charge in [0.1, 0.15) is 0 Å². The van der Waals surface area contributed by atoms with Gasteiger partial charge in [-0.25, -0.2) is 4.98 Å². The van der Waals surface area contributed by atoms with E-state index >= 15 is 0 Å². The van der Waals surface area contributed by atoms with Gasteiger partial charge in [0, 0.05) is 36.3 Å². The molecular weight excluding hydrogens is 226 g/mol. The van der Waals surface area contributed by atoms with E-state index in [0.29, 0.717) is 5.88 Å². The molecule has 1 N–H and O–H groups in total. The van der Waals surface area contributed by atoms with Gasteiger partial charge < -0.3 is 10.1 Å². The highest BCUT2D eigenvalue weighted by molar-refractivity contribution is 5.64. The van der Waals surface area contributed by atoms with E-state index in [2.05, 4.69) is 22.2 Å². The zero-order valence-electron chi connectivity index (χ0n) is 10.7. The molecule has 0 aliphatic carbocycles. The van der Waals surface area contributed by atoms with Gasteiger partial charge in [0.15, 0.2) is 0 Å². The number of hydrogen-bond donors (Lipinski definition) is 1. The molecule has 0 radical (unpaired) electrons. The molecule has 0 saturated carbocycles. The van der Waals surface area contributed by atoms with Gasteiger partial charge >= 0.3 is 0 Å². The first-order valence-corrected chi connectivity index (χ1v) is 6.04. The normalized spacial score (nSPS) is 10.1. The summed E-state index contributed by atoms with van der Waals surface area (Å²) in [7, 11) is 1.61. The van der Waals surface area contributed by atoms with Crippen LogP contribution in [0.5, 0.6) is 5.88 Å². The third-order valence-corrected chi connectivity index (χ3v) is 2.58. The molecule has 4 nitrogen and oxygen atoms in total. The molecule has 0 spiro atoms. The van der Waals surface area contributed by atoms with Gasteiger partial charge in [-0.05, 0) is 24.6 Å². The Morgan fingerprint density at radius 3 is 2.78 bits per heavy atom. The maximum absolute atomic E-state index is 5.12. The van der Waals surface area contributed by atoms with Crippen molar-refractivity contribution < 1.29 is 4.74 Å². The van der Waals surface area contributed by atoms with Gasteiger partial charge in [0.2, 0.25) is 5.88 Å². The third kappa shape index (κ3) is 2.97. The summed E-state index contributed by atoms with van der Waals surface area (Å²) in [4.78, 5) is 8.46. The maximum atomic E-state index is 5.12. The maximum Gasteiger partial charge on any atom is 0.213 e. The molecule has 2 aromatic heterocycles. The smallest absolute Gasteiger partial charge is 0.213 e. The Morgan fingerprint density at radius 1 is 1.17 bits per heavy atom. The van der Waals surface area contributed by atoms with Crippen LogP contribution >= 0.6 is 0 Å². The summed E-state index contributed by atoms with van der Waals surface area (Å²) >= 11 is 0. The average Bonchev–Trinajstić information content (AvgIpc) is 2.45. The number of rotatable bonds is 5. The predicted octanol–water partition coefficient (Wildman–Crippen LogP) is 2.97. The van der Waals surface area contributed by atoms with Crippen molar-refractivity contribution >= 4 is 5.69 Å². The Balaban J connectivity index is 2.26. The lowest BCUT2D eigenvalue weighted by Gasteiger charge is -2.07. The van der Waals surface area contributed by atoms with Crippen molar-refractivity contribution in [3.05, 3.63) is 36.7 Å². The largest absolute Gasteiger partial charge is 0.481 e. The molecule has 2 heterocycles. The number of nitrogens with one attached hydrogen (secondary N) is 1. The van der Waals surface area contributed by atoms with Crippen molar-refractivity contribution in [1.82, 2.24) is 9.97 Å². The Morgan fingerprint density at radius 2 is 2.00 bits per heavy atom. The standard InChI is InChI=1S/C14H17N3O/c1-3-6-15-12-5-8-16-13(10-12)11-4-7-17-14(9-11)18-2/h4-5,7-10H,3,6H2,1-2H3,(H,15,16). The van der Waals surface area contributed by atoms with Gasteiger partial charge in [0.05, 0.1) is 12.8 Å². The highest BCUT2D eigenvalue weighted by atomic mass is 16.5. The van der Waals surface area contributed by atoms with E-state index in [1.807, 2.05) is 24.3 Å². The molecule has 0 aliphatic heterocycles. The Bertz CT molecular complexity index is 514. The minimum absolute atomic E-state index is 0.598. The van der Waals surface area contributed by atoms with Gasteiger partial charge in [-0.1, -0.05) is 6.92 Å². The van der Waals surface area contributed by atoms with Gasteiger partial charge in [-0.3, -0.25) is 4.98 Å². The summed E-state index contributed by atoms with van der Waals surface area (Å²) in [6, 6.07) is 7.81. The van der Waals surface area contributed by atoms with E-state index in [1.165, 1.54) is 0 Å². The lowest BCUT2D eigenvalue weighted by molar-refractivity contribution is 0.398. The number of anilines is 1. The lowest BCUT2D eigenvalue weighted by Crippen LogP contribution is -2.00. The van der Waals surface area contributed by atoms with Crippen LogP contribution in [-0.4, -0.2) is 23.6 Å². The van der Waals surface area contributed by atoms with Crippen LogP contribution in [0.1, 0.15) is 13.3 Å². The predicted molar refractivity (Wildman–Crippen MR) is 72.8 cm³/mol. The fourth-order valence-electron chi connectivity index (χ4n) is 1.65. The summed E-state index contributed by atoms with van der Waals surface area (Å²) in [5.74, 6) is 0.598. The van der Waals surface area contributed by atoms with E-state index in [1.54, 1.807) is 19.5 Å². The number of ether oxygens (including phenoxy) is 1. The molecule has 0 aromatic carbocycles. The van der Waals surface area contributed by atoms with E-state index in [4.69, 9.17) is 4.74 Å². The van der Waals surface area contributed by atoms with Crippen molar-refractivity contribution in [2.45, 2.75) is 13.3 Å². The summed E-state index contributed by atoms with van der Waals surface area (Å²) in [6.45, 7) is 3.10. The Hall–Kier alpha value is -2.10. The SMILES string of the molecule is CCCNc1ccnc(-c2ccnc(OC)c2)c1. The Labute approximate surface area is 107 Å². The molecule has 94 valence electrons. The molecule has 4 heteroatoms. The Kier molecular flexibility index (Phi) is 4.12. The molecule has 0 aliphatic rings. The molecule has 0 amide bonds. The van der Waals surface area contributed by atoms with Crippen LogP contribution in [-0.2, 0) is 0 Å². The average molecular weight is 243 g/mol. The van der Waals surface area contributed by atoms with Crippen molar-refractivity contribution in [2.75, 3.05) is 19.0 Å². The zero-order chi connectivity index (χ0) is 12.8. The summed E-state index contributed by atoms with van der Waals surface area (Å²) in [5.41, 5.74) is 3.00. The highest BCUT2D eigenvalue weighted by Gasteiger charge is 2.02. The quantitative estimate of drug-likeness (QED) is 0.877. The minimum Gasteiger partial charge on any atom is -0.481 e. The molecule has 2 aromatic rings. The summed E-state index contributed by atoms with van der Waals surface area (Å²) in [5, 5.41) is 3.35. The van der Waals surface area contributed by atoms with E-state index in [-0.39, 0.29) is 0 Å². The summed E-state index contributed by atoms with van der Waals surface area (Å²) in [6.07, 6.45) is 4.63. The van der Waals surface area contributed by atoms with Crippen molar-refractivity contribution in [2.24, 2.45) is 0 Å². The molecule has 0 unspecified atom stereocenters. The molecule has 0 fully saturated rings. The topological polar surface area (TPSA) is 47.0 Å². The molecule has 0 saturated heterocycles. The number of nitrogens with zero attached hydrogens (tertiary/aromatic N) is 2. The van der Waals surface area contributed by atoms with Crippen molar-refractivity contribution in [3.63, 3.8) is 0 Å². The molecule has 0 bridgehead atoms. The van der Waals surface area contributed by atoms with Crippen LogP contribution in [0.3, 0.4) is 0 Å². The monoisotopic (exact) mass is 243 g/mol. The highest BCUT2D eigenvalue weighted by Crippen LogP contribution is 2.22. The third-order valence-electron chi connectivity index (χ3n) is 2.58. The first kappa shape index (κ1) is 12.4. The molecule has 0 atom stereocenters. The molecule has 18 heavy (non-hydrogen) atoms. The second-order valence-electron chi connectivity index (χ2n) is 3.94. The van der Waals surface area contributed by atoms with Gasteiger partial charge in [-0.15, -0.1) is 0 Å². The molecule has 2 rings (SSSR count). The molecular formula is C14H17N3O. The van der Waals surface area contributed by atoms with Crippen LogP contribution in [0.15, 0.2) is 36.7 Å². The summed E-state index contributed by atoms with van der Waals surface area (Å²) < 4.78 is 5.12. The van der Waals surface area contributed by atoms with Gasteiger partial charge in [0.25, 0.3) is 0 Å².